The minimum absolute atomic E-state index is 0.359. The summed E-state index contributed by atoms with van der Waals surface area (Å²) in [5, 5.41) is 11.0. The Kier molecular flexibility index (Phi) is 4.86. The number of esters is 1. The second kappa shape index (κ2) is 6.78. The van der Waals surface area contributed by atoms with Crippen molar-refractivity contribution in [3.63, 3.8) is 0 Å². The molecular weight excluding hydrogens is 362 g/mol. The van der Waals surface area contributed by atoms with Crippen LogP contribution in [0, 0.1) is 0 Å². The van der Waals surface area contributed by atoms with Crippen LogP contribution in [0.5, 0.6) is 5.06 Å². The molecule has 0 aliphatic carbocycles. The van der Waals surface area contributed by atoms with Crippen molar-refractivity contribution in [2.45, 2.75) is 32.4 Å². The number of carboxylic acid groups (broad SMARTS) is 1. The first-order valence-electron chi connectivity index (χ1n) is 7.86. The third-order valence-corrected chi connectivity index (χ3v) is 5.98. The molecule has 1 aliphatic rings. The van der Waals surface area contributed by atoms with E-state index in [4.69, 9.17) is 16.3 Å². The molecule has 0 fully saturated rings. The lowest BCUT2D eigenvalue weighted by atomic mass is 9.88. The van der Waals surface area contributed by atoms with Gasteiger partial charge >= 0.3 is 11.9 Å². The molecule has 2 heterocycles. The highest BCUT2D eigenvalue weighted by molar-refractivity contribution is 7.14. The van der Waals surface area contributed by atoms with E-state index in [9.17, 15) is 14.7 Å². The molecule has 132 valence electrons. The molecule has 0 amide bonds. The van der Waals surface area contributed by atoms with Crippen molar-refractivity contribution in [1.82, 2.24) is 4.90 Å². The second-order valence-corrected chi connectivity index (χ2v) is 7.64. The number of carboxylic acids is 1. The number of carbonyl (C=O) groups is 2. The van der Waals surface area contributed by atoms with Gasteiger partial charge in [-0.1, -0.05) is 29.8 Å². The molecule has 1 N–H and O–H groups in total. The Morgan fingerprint density at radius 3 is 2.72 bits per heavy atom. The lowest BCUT2D eigenvalue weighted by Gasteiger charge is -2.40. The van der Waals surface area contributed by atoms with Gasteiger partial charge in [0, 0.05) is 35.5 Å². The average molecular weight is 380 g/mol. The van der Waals surface area contributed by atoms with Crippen LogP contribution < -0.4 is 4.74 Å². The van der Waals surface area contributed by atoms with E-state index >= 15 is 0 Å². The van der Waals surface area contributed by atoms with E-state index in [-0.39, 0.29) is 5.97 Å². The zero-order valence-corrected chi connectivity index (χ0v) is 15.5. The van der Waals surface area contributed by atoms with Crippen LogP contribution in [0.25, 0.3) is 0 Å². The fourth-order valence-corrected chi connectivity index (χ4v) is 4.53. The number of ether oxygens (including phenoxy) is 1. The van der Waals surface area contributed by atoms with E-state index in [0.717, 1.165) is 10.4 Å². The van der Waals surface area contributed by atoms with Crippen molar-refractivity contribution >= 4 is 34.9 Å². The van der Waals surface area contributed by atoms with Crippen molar-refractivity contribution in [2.24, 2.45) is 0 Å². The molecule has 5 nitrogen and oxygen atoms in total. The lowest BCUT2D eigenvalue weighted by molar-refractivity contribution is -0.152. The first-order valence-corrected chi connectivity index (χ1v) is 9.05. The number of benzene rings is 1. The first-order chi connectivity index (χ1) is 11.8. The maximum atomic E-state index is 12.2. The Hall–Kier alpha value is -1.89. The monoisotopic (exact) mass is 379 g/mol. The number of fused-ring (bicyclic) bond motifs is 1. The average Bonchev–Trinajstić information content (AvgIpc) is 2.94. The summed E-state index contributed by atoms with van der Waals surface area (Å²) < 4.78 is 5.16. The van der Waals surface area contributed by atoms with Gasteiger partial charge in [-0.05, 0) is 31.0 Å². The van der Waals surface area contributed by atoms with Gasteiger partial charge in [-0.15, -0.1) is 11.3 Å². The summed E-state index contributed by atoms with van der Waals surface area (Å²) in [6.07, 6.45) is 0.703. The molecule has 1 aromatic heterocycles. The van der Waals surface area contributed by atoms with Crippen LogP contribution in [-0.4, -0.2) is 28.5 Å². The van der Waals surface area contributed by atoms with E-state index in [1.165, 1.54) is 18.3 Å². The maximum Gasteiger partial charge on any atom is 0.328 e. The Morgan fingerprint density at radius 2 is 2.08 bits per heavy atom. The minimum Gasteiger partial charge on any atom is -0.480 e. The van der Waals surface area contributed by atoms with Crippen LogP contribution in [-0.2, 0) is 28.1 Å². The van der Waals surface area contributed by atoms with Crippen LogP contribution in [0.1, 0.15) is 29.9 Å². The van der Waals surface area contributed by atoms with Crippen LogP contribution in [0.3, 0.4) is 0 Å². The fourth-order valence-electron chi connectivity index (χ4n) is 3.16. The number of halogens is 1. The molecule has 1 unspecified atom stereocenters. The predicted molar refractivity (Wildman–Crippen MR) is 96.2 cm³/mol. The molecule has 1 aromatic carbocycles. The minimum atomic E-state index is -1.24. The molecule has 1 aliphatic heterocycles. The summed E-state index contributed by atoms with van der Waals surface area (Å²) in [7, 11) is 0. The van der Waals surface area contributed by atoms with Gasteiger partial charge in [0.1, 0.15) is 5.54 Å². The van der Waals surface area contributed by atoms with Gasteiger partial charge in [-0.2, -0.15) is 0 Å². The first kappa shape index (κ1) is 17.9. The predicted octanol–water partition coefficient (Wildman–Crippen LogP) is 3.68. The van der Waals surface area contributed by atoms with Crippen molar-refractivity contribution < 1.29 is 19.4 Å². The second-order valence-electron chi connectivity index (χ2n) is 6.14. The van der Waals surface area contributed by atoms with Crippen molar-refractivity contribution in [3.05, 3.63) is 51.4 Å². The molecule has 7 heteroatoms. The summed E-state index contributed by atoms with van der Waals surface area (Å²) in [5.74, 6) is -1.30. The standard InChI is InChI=1S/C18H18ClNO4S/c1-11(21)24-16-9-12-10-20(8-7-15(12)25-16)18(2,17(22)23)13-5-3-4-6-14(13)19/h3-6,9H,7-8,10H2,1-2H3,(H,22,23). The number of carbonyl (C=O) groups excluding carboxylic acids is 1. The number of nitrogens with zero attached hydrogens (tertiary/aromatic N) is 1. The van der Waals surface area contributed by atoms with E-state index in [1.807, 2.05) is 11.0 Å². The van der Waals surface area contributed by atoms with Gasteiger partial charge in [0.05, 0.1) is 0 Å². The van der Waals surface area contributed by atoms with E-state index < -0.39 is 11.5 Å². The van der Waals surface area contributed by atoms with Gasteiger partial charge in [0.25, 0.3) is 0 Å². The number of hydrogen-bond acceptors (Lipinski definition) is 5. The zero-order valence-electron chi connectivity index (χ0n) is 13.9. The van der Waals surface area contributed by atoms with Gasteiger partial charge < -0.3 is 9.84 Å². The van der Waals surface area contributed by atoms with Crippen LogP contribution in [0.2, 0.25) is 5.02 Å². The Bertz CT molecular complexity index is 834. The Labute approximate surface area is 154 Å². The van der Waals surface area contributed by atoms with Gasteiger partial charge in [-0.25, -0.2) is 4.79 Å². The Balaban J connectivity index is 1.95. The van der Waals surface area contributed by atoms with E-state index in [2.05, 4.69) is 0 Å². The zero-order chi connectivity index (χ0) is 18.2. The largest absolute Gasteiger partial charge is 0.480 e. The highest BCUT2D eigenvalue weighted by atomic mass is 35.5. The summed E-state index contributed by atoms with van der Waals surface area (Å²) in [5.41, 5.74) is 0.328. The molecule has 0 saturated carbocycles. The number of hydrogen-bond donors (Lipinski definition) is 1. The lowest BCUT2D eigenvalue weighted by Crippen LogP contribution is -2.51. The van der Waals surface area contributed by atoms with Crippen molar-refractivity contribution in [1.29, 1.82) is 0 Å². The van der Waals surface area contributed by atoms with Crippen LogP contribution in [0.4, 0.5) is 0 Å². The Morgan fingerprint density at radius 1 is 1.36 bits per heavy atom. The molecular formula is C18H18ClNO4S. The summed E-state index contributed by atoms with van der Waals surface area (Å²) in [6.45, 7) is 4.09. The molecule has 0 radical (unpaired) electrons. The SMILES string of the molecule is CC(=O)Oc1cc2c(s1)CCN(C(C)(C(=O)O)c1ccccc1Cl)C2. The molecule has 2 aromatic rings. The smallest absolute Gasteiger partial charge is 0.328 e. The number of thiophene rings is 1. The quantitative estimate of drug-likeness (QED) is 0.821. The topological polar surface area (TPSA) is 66.8 Å². The van der Waals surface area contributed by atoms with Crippen LogP contribution in [0.15, 0.2) is 30.3 Å². The van der Waals surface area contributed by atoms with Gasteiger partial charge in [0.2, 0.25) is 0 Å². The highest BCUT2D eigenvalue weighted by Crippen LogP contribution is 2.40. The molecule has 25 heavy (non-hydrogen) atoms. The fraction of sp³-hybridized carbons (Fsp3) is 0.333. The summed E-state index contributed by atoms with van der Waals surface area (Å²) >= 11 is 7.73. The molecule has 3 rings (SSSR count). The van der Waals surface area contributed by atoms with Gasteiger partial charge in [0.15, 0.2) is 5.06 Å². The molecule has 0 spiro atoms. The van der Waals surface area contributed by atoms with Crippen molar-refractivity contribution in [3.8, 4) is 5.06 Å². The van der Waals surface area contributed by atoms with Gasteiger partial charge in [-0.3, -0.25) is 9.69 Å². The third-order valence-electron chi connectivity index (χ3n) is 4.54. The molecule has 0 saturated heterocycles. The van der Waals surface area contributed by atoms with E-state index in [0.29, 0.717) is 35.2 Å². The van der Waals surface area contributed by atoms with Crippen LogP contribution >= 0.6 is 22.9 Å². The summed E-state index contributed by atoms with van der Waals surface area (Å²) in [4.78, 5) is 26.3. The highest BCUT2D eigenvalue weighted by Gasteiger charge is 2.44. The molecule has 1 atom stereocenters. The van der Waals surface area contributed by atoms with Crippen molar-refractivity contribution in [2.75, 3.05) is 6.54 Å². The third kappa shape index (κ3) is 3.29. The number of aliphatic carboxylic acids is 1. The maximum absolute atomic E-state index is 12.2. The number of rotatable bonds is 4. The molecule has 0 bridgehead atoms. The summed E-state index contributed by atoms with van der Waals surface area (Å²) in [6, 6.07) is 8.86. The normalized spacial score (nSPS) is 16.8. The van der Waals surface area contributed by atoms with E-state index in [1.54, 1.807) is 31.2 Å².